The molecular weight excluding hydrogens is 350 g/mol. The molecule has 2 amide bonds. The van der Waals surface area contributed by atoms with Gasteiger partial charge in [0.1, 0.15) is 0 Å². The average Bonchev–Trinajstić information content (AvgIpc) is 2.62. The molecule has 0 fully saturated rings. The summed E-state index contributed by atoms with van der Waals surface area (Å²) in [6, 6.07) is 14.5. The molecule has 0 aliphatic carbocycles. The number of hydrogen-bond donors (Lipinski definition) is 3. The largest absolute Gasteiger partial charge is 0.399 e. The van der Waals surface area contributed by atoms with E-state index in [1.165, 1.54) is 0 Å². The Morgan fingerprint density at radius 2 is 1.54 bits per heavy atom. The molecule has 26 heavy (non-hydrogen) atoms. The minimum atomic E-state index is -0.0626. The number of halogens is 1. The zero-order valence-electron chi connectivity index (χ0n) is 15.0. The zero-order chi connectivity index (χ0) is 18.1. The number of nitrogen functional groups attached to an aromatic ring is 1. The first-order valence-corrected chi connectivity index (χ1v) is 8.56. The van der Waals surface area contributed by atoms with Crippen molar-refractivity contribution in [3.8, 4) is 0 Å². The Morgan fingerprint density at radius 1 is 0.923 bits per heavy atom. The van der Waals surface area contributed by atoms with Crippen LogP contribution in [-0.4, -0.2) is 18.4 Å². The van der Waals surface area contributed by atoms with Gasteiger partial charge in [0.15, 0.2) is 0 Å². The van der Waals surface area contributed by atoms with Crippen molar-refractivity contribution in [2.24, 2.45) is 0 Å². The van der Waals surface area contributed by atoms with Crippen molar-refractivity contribution in [2.75, 3.05) is 12.3 Å². The molecule has 0 heterocycles. The molecule has 0 spiro atoms. The number of nitrogens with two attached hydrogens (primary N) is 1. The Balaban J connectivity index is 0.00000338. The number of hydrogen-bond acceptors (Lipinski definition) is 3. The average molecular weight is 376 g/mol. The van der Waals surface area contributed by atoms with E-state index in [4.69, 9.17) is 5.73 Å². The van der Waals surface area contributed by atoms with E-state index in [0.717, 1.165) is 24.0 Å². The Hall–Kier alpha value is -2.53. The molecule has 6 heteroatoms. The third-order valence-corrected chi connectivity index (χ3v) is 3.87. The molecule has 5 nitrogen and oxygen atoms in total. The van der Waals surface area contributed by atoms with Gasteiger partial charge in [-0.15, -0.1) is 12.4 Å². The van der Waals surface area contributed by atoms with E-state index in [9.17, 15) is 9.59 Å². The summed E-state index contributed by atoms with van der Waals surface area (Å²) < 4.78 is 0. The molecule has 0 saturated heterocycles. The van der Waals surface area contributed by atoms with E-state index in [-0.39, 0.29) is 24.2 Å². The molecule has 2 rings (SSSR count). The number of anilines is 1. The van der Waals surface area contributed by atoms with E-state index in [0.29, 0.717) is 30.8 Å². The summed E-state index contributed by atoms with van der Waals surface area (Å²) in [4.78, 5) is 23.9. The fraction of sp³-hybridized carbons (Fsp3) is 0.300. The molecule has 0 aliphatic rings. The molecule has 0 unspecified atom stereocenters. The maximum Gasteiger partial charge on any atom is 0.251 e. The van der Waals surface area contributed by atoms with Crippen molar-refractivity contribution in [1.29, 1.82) is 0 Å². The molecular formula is C20H26ClN3O2. The predicted molar refractivity (Wildman–Crippen MR) is 107 cm³/mol. The fourth-order valence-electron chi connectivity index (χ4n) is 2.34. The molecule has 0 saturated carbocycles. The van der Waals surface area contributed by atoms with Crippen LogP contribution in [0.2, 0.25) is 0 Å². The van der Waals surface area contributed by atoms with E-state index in [1.807, 2.05) is 24.3 Å². The van der Waals surface area contributed by atoms with Gasteiger partial charge in [-0.2, -0.15) is 0 Å². The van der Waals surface area contributed by atoms with Gasteiger partial charge in [0.25, 0.3) is 5.91 Å². The van der Waals surface area contributed by atoms with Crippen LogP contribution in [0.25, 0.3) is 0 Å². The third-order valence-electron chi connectivity index (χ3n) is 3.87. The van der Waals surface area contributed by atoms with Crippen molar-refractivity contribution >= 4 is 29.9 Å². The monoisotopic (exact) mass is 375 g/mol. The van der Waals surface area contributed by atoms with Crippen LogP contribution < -0.4 is 16.4 Å². The van der Waals surface area contributed by atoms with Crippen LogP contribution in [0.15, 0.2) is 48.5 Å². The van der Waals surface area contributed by atoms with Crippen molar-refractivity contribution < 1.29 is 9.59 Å². The van der Waals surface area contributed by atoms with Gasteiger partial charge in [-0.05, 0) is 41.8 Å². The van der Waals surface area contributed by atoms with Gasteiger partial charge >= 0.3 is 0 Å². The maximum atomic E-state index is 12.0. The number of nitrogens with one attached hydrogen (secondary N) is 2. The summed E-state index contributed by atoms with van der Waals surface area (Å²) in [6.07, 6.45) is 2.34. The zero-order valence-corrected chi connectivity index (χ0v) is 15.8. The normalized spacial score (nSPS) is 9.88. The quantitative estimate of drug-likeness (QED) is 0.489. The van der Waals surface area contributed by atoms with Crippen LogP contribution in [0.3, 0.4) is 0 Å². The molecule has 140 valence electrons. The summed E-state index contributed by atoms with van der Waals surface area (Å²) in [7, 11) is 0. The second kappa shape index (κ2) is 11.2. The van der Waals surface area contributed by atoms with Crippen LogP contribution >= 0.6 is 12.4 Å². The molecule has 0 radical (unpaired) electrons. The lowest BCUT2D eigenvalue weighted by atomic mass is 10.1. The Morgan fingerprint density at radius 3 is 2.15 bits per heavy atom. The van der Waals surface area contributed by atoms with E-state index < -0.39 is 0 Å². The minimum absolute atomic E-state index is 0. The summed E-state index contributed by atoms with van der Waals surface area (Å²) in [5, 5.41) is 5.77. The number of amides is 2. The number of benzene rings is 2. The van der Waals surface area contributed by atoms with Crippen molar-refractivity contribution in [3.63, 3.8) is 0 Å². The topological polar surface area (TPSA) is 84.2 Å². The smallest absolute Gasteiger partial charge is 0.251 e. The number of carbonyl (C=O) groups is 2. The third kappa shape index (κ3) is 7.15. The summed E-state index contributed by atoms with van der Waals surface area (Å²) in [5.41, 5.74) is 8.82. The van der Waals surface area contributed by atoms with Crippen LogP contribution in [0.4, 0.5) is 5.69 Å². The van der Waals surface area contributed by atoms with Gasteiger partial charge in [0.05, 0.1) is 6.42 Å². The fourth-order valence-corrected chi connectivity index (χ4v) is 2.34. The SMILES string of the molecule is CCCCNC(=O)c1ccc(CNC(=O)Cc2ccc(N)cc2)cc1.Cl. The van der Waals surface area contributed by atoms with E-state index >= 15 is 0 Å². The van der Waals surface area contributed by atoms with E-state index in [2.05, 4.69) is 17.6 Å². The Kier molecular flexibility index (Phi) is 9.23. The van der Waals surface area contributed by atoms with Gasteiger partial charge < -0.3 is 16.4 Å². The van der Waals surface area contributed by atoms with Crippen LogP contribution in [-0.2, 0) is 17.8 Å². The van der Waals surface area contributed by atoms with Gasteiger partial charge in [-0.1, -0.05) is 37.6 Å². The lowest BCUT2D eigenvalue weighted by Crippen LogP contribution is -2.25. The highest BCUT2D eigenvalue weighted by Gasteiger charge is 2.06. The van der Waals surface area contributed by atoms with Gasteiger partial charge in [0.2, 0.25) is 5.91 Å². The first-order chi connectivity index (χ1) is 12.1. The molecule has 0 atom stereocenters. The van der Waals surface area contributed by atoms with Crippen molar-refractivity contribution in [2.45, 2.75) is 32.7 Å². The molecule has 4 N–H and O–H groups in total. The van der Waals surface area contributed by atoms with Gasteiger partial charge in [-0.3, -0.25) is 9.59 Å². The first-order valence-electron chi connectivity index (χ1n) is 8.56. The summed E-state index contributed by atoms with van der Waals surface area (Å²) in [5.74, 6) is -0.112. The highest BCUT2D eigenvalue weighted by Crippen LogP contribution is 2.07. The van der Waals surface area contributed by atoms with Crippen LogP contribution in [0, 0.1) is 0 Å². The predicted octanol–water partition coefficient (Wildman–Crippen LogP) is 3.08. The second-order valence-corrected chi connectivity index (χ2v) is 6.00. The molecule has 0 aromatic heterocycles. The van der Waals surface area contributed by atoms with Gasteiger partial charge in [-0.25, -0.2) is 0 Å². The molecule has 0 aliphatic heterocycles. The summed E-state index contributed by atoms with van der Waals surface area (Å²) in [6.45, 7) is 3.21. The standard InChI is InChI=1S/C20H25N3O2.ClH/c1-2-3-12-22-20(25)17-8-4-16(5-9-17)14-23-19(24)13-15-6-10-18(21)11-7-15;/h4-11H,2-3,12-14,21H2,1H3,(H,22,25)(H,23,24);1H. The van der Waals surface area contributed by atoms with E-state index in [1.54, 1.807) is 24.3 Å². The Labute approximate surface area is 160 Å². The first kappa shape index (κ1) is 21.5. The molecule has 0 bridgehead atoms. The maximum absolute atomic E-state index is 12.0. The van der Waals surface area contributed by atoms with Crippen LogP contribution in [0.1, 0.15) is 41.3 Å². The van der Waals surface area contributed by atoms with Gasteiger partial charge in [0, 0.05) is 24.3 Å². The lowest BCUT2D eigenvalue weighted by molar-refractivity contribution is -0.120. The number of carbonyl (C=O) groups excluding carboxylic acids is 2. The van der Waals surface area contributed by atoms with Crippen molar-refractivity contribution in [3.05, 3.63) is 65.2 Å². The van der Waals surface area contributed by atoms with Crippen LogP contribution in [0.5, 0.6) is 0 Å². The highest BCUT2D eigenvalue weighted by molar-refractivity contribution is 5.94. The number of unbranched alkanes of at least 4 members (excludes halogenated alkanes) is 1. The second-order valence-electron chi connectivity index (χ2n) is 6.00. The molecule has 2 aromatic rings. The lowest BCUT2D eigenvalue weighted by Gasteiger charge is -2.08. The minimum Gasteiger partial charge on any atom is -0.399 e. The Bertz CT molecular complexity index is 700. The van der Waals surface area contributed by atoms with Crippen molar-refractivity contribution in [1.82, 2.24) is 10.6 Å². The molecule has 2 aromatic carbocycles. The number of rotatable bonds is 8. The highest BCUT2D eigenvalue weighted by atomic mass is 35.5. The summed E-state index contributed by atoms with van der Waals surface area (Å²) >= 11 is 0.